The molecule has 0 radical (unpaired) electrons. The lowest BCUT2D eigenvalue weighted by Gasteiger charge is -2.10. The lowest BCUT2D eigenvalue weighted by atomic mass is 10.3. The predicted molar refractivity (Wildman–Crippen MR) is 110 cm³/mol. The minimum Gasteiger partial charge on any atom is -0.357 e. The molecule has 0 fully saturated rings. The molecule has 0 aliphatic carbocycles. The summed E-state index contributed by atoms with van der Waals surface area (Å²) in [4.78, 5) is 5.90. The fourth-order valence-corrected chi connectivity index (χ4v) is 3.20. The van der Waals surface area contributed by atoms with E-state index in [0.29, 0.717) is 0 Å². The van der Waals surface area contributed by atoms with E-state index in [4.69, 9.17) is 0 Å². The standard InChI is InChI=1S/C16H21N3S2.HI/c1-2-17-16(19-12-14-8-10-20-13-14)18-9-11-21-15-6-4-3-5-7-15;/h3-8,10,13H,2,9,11-12H2,1H3,(H2,17,18,19);1H. The quantitative estimate of drug-likeness (QED) is 0.220. The Morgan fingerprint density at radius 1 is 1.18 bits per heavy atom. The zero-order valence-electron chi connectivity index (χ0n) is 12.6. The summed E-state index contributed by atoms with van der Waals surface area (Å²) in [5.74, 6) is 1.91. The highest BCUT2D eigenvalue weighted by atomic mass is 127. The summed E-state index contributed by atoms with van der Waals surface area (Å²) in [5, 5.41) is 10.9. The van der Waals surface area contributed by atoms with Gasteiger partial charge in [-0.3, -0.25) is 0 Å². The van der Waals surface area contributed by atoms with Crippen molar-refractivity contribution in [3.05, 3.63) is 52.7 Å². The van der Waals surface area contributed by atoms with E-state index in [-0.39, 0.29) is 24.0 Å². The van der Waals surface area contributed by atoms with Crippen molar-refractivity contribution in [1.29, 1.82) is 0 Å². The first-order valence-electron chi connectivity index (χ1n) is 7.09. The van der Waals surface area contributed by atoms with Crippen LogP contribution in [0, 0.1) is 0 Å². The van der Waals surface area contributed by atoms with E-state index in [2.05, 4.69) is 63.6 Å². The molecule has 2 rings (SSSR count). The van der Waals surface area contributed by atoms with E-state index in [1.807, 2.05) is 17.8 Å². The van der Waals surface area contributed by atoms with Crippen LogP contribution in [0.5, 0.6) is 0 Å². The number of hydrogen-bond acceptors (Lipinski definition) is 3. The van der Waals surface area contributed by atoms with E-state index < -0.39 is 0 Å². The number of nitrogens with zero attached hydrogens (tertiary/aromatic N) is 1. The van der Waals surface area contributed by atoms with Crippen molar-refractivity contribution >= 4 is 53.0 Å². The van der Waals surface area contributed by atoms with Crippen molar-refractivity contribution in [2.75, 3.05) is 18.8 Å². The van der Waals surface area contributed by atoms with Gasteiger partial charge in [0.2, 0.25) is 0 Å². The molecule has 0 unspecified atom stereocenters. The number of halogens is 1. The third kappa shape index (κ3) is 7.51. The van der Waals surface area contributed by atoms with Crippen LogP contribution in [0.25, 0.3) is 0 Å². The molecule has 0 amide bonds. The van der Waals surface area contributed by atoms with E-state index in [1.54, 1.807) is 11.3 Å². The van der Waals surface area contributed by atoms with E-state index in [1.165, 1.54) is 10.5 Å². The van der Waals surface area contributed by atoms with E-state index >= 15 is 0 Å². The van der Waals surface area contributed by atoms with Gasteiger partial charge in [-0.1, -0.05) is 18.2 Å². The summed E-state index contributed by atoms with van der Waals surface area (Å²) in [6.45, 7) is 4.58. The summed E-state index contributed by atoms with van der Waals surface area (Å²) >= 11 is 3.56. The van der Waals surface area contributed by atoms with Gasteiger partial charge < -0.3 is 10.6 Å². The molecule has 0 saturated carbocycles. The van der Waals surface area contributed by atoms with Gasteiger partial charge >= 0.3 is 0 Å². The molecule has 0 spiro atoms. The van der Waals surface area contributed by atoms with Gasteiger partial charge in [0, 0.05) is 23.7 Å². The van der Waals surface area contributed by atoms with Crippen molar-refractivity contribution in [3.8, 4) is 0 Å². The summed E-state index contributed by atoms with van der Waals surface area (Å²) in [6.07, 6.45) is 0. The van der Waals surface area contributed by atoms with Gasteiger partial charge in [0.1, 0.15) is 0 Å². The summed E-state index contributed by atoms with van der Waals surface area (Å²) in [5.41, 5.74) is 1.26. The molecule has 0 aliphatic rings. The van der Waals surface area contributed by atoms with Crippen molar-refractivity contribution < 1.29 is 0 Å². The molecule has 22 heavy (non-hydrogen) atoms. The fourth-order valence-electron chi connectivity index (χ4n) is 1.75. The second kappa shape index (κ2) is 11.8. The Hall–Kier alpha value is -0.730. The Morgan fingerprint density at radius 3 is 2.68 bits per heavy atom. The topological polar surface area (TPSA) is 36.4 Å². The molecule has 0 atom stereocenters. The Morgan fingerprint density at radius 2 is 2.00 bits per heavy atom. The summed E-state index contributed by atoms with van der Waals surface area (Å²) < 4.78 is 0. The summed E-state index contributed by atoms with van der Waals surface area (Å²) in [7, 11) is 0. The normalized spacial score (nSPS) is 10.9. The minimum absolute atomic E-state index is 0. The average Bonchev–Trinajstić information content (AvgIpc) is 3.03. The van der Waals surface area contributed by atoms with Gasteiger partial charge in [0.25, 0.3) is 0 Å². The Bertz CT molecular complexity index is 530. The second-order valence-corrected chi connectivity index (χ2v) is 6.36. The first-order chi connectivity index (χ1) is 10.4. The maximum atomic E-state index is 4.59. The number of thioether (sulfide) groups is 1. The van der Waals surface area contributed by atoms with Crippen LogP contribution in [0.4, 0.5) is 0 Å². The van der Waals surface area contributed by atoms with Crippen molar-refractivity contribution in [2.45, 2.75) is 18.4 Å². The molecule has 2 aromatic rings. The van der Waals surface area contributed by atoms with Crippen LogP contribution < -0.4 is 10.6 Å². The molecule has 1 aromatic heterocycles. The summed E-state index contributed by atoms with van der Waals surface area (Å²) in [6, 6.07) is 12.6. The predicted octanol–water partition coefficient (Wildman–Crippen LogP) is 4.21. The number of nitrogens with one attached hydrogen (secondary N) is 2. The maximum Gasteiger partial charge on any atom is 0.191 e. The van der Waals surface area contributed by atoms with Gasteiger partial charge in [-0.25, -0.2) is 4.99 Å². The molecular weight excluding hydrogens is 425 g/mol. The van der Waals surface area contributed by atoms with E-state index in [9.17, 15) is 0 Å². The van der Waals surface area contributed by atoms with Crippen molar-refractivity contribution in [3.63, 3.8) is 0 Å². The average molecular weight is 447 g/mol. The van der Waals surface area contributed by atoms with Crippen LogP contribution in [-0.2, 0) is 6.54 Å². The van der Waals surface area contributed by atoms with Crippen LogP contribution in [-0.4, -0.2) is 24.8 Å². The molecule has 3 nitrogen and oxygen atoms in total. The SMILES string of the molecule is CCNC(=NCc1ccsc1)NCCSc1ccccc1.I. The molecule has 120 valence electrons. The fraction of sp³-hybridized carbons (Fsp3) is 0.312. The highest BCUT2D eigenvalue weighted by molar-refractivity contribution is 14.0. The number of aliphatic imine (C=N–C) groups is 1. The maximum absolute atomic E-state index is 4.59. The lowest BCUT2D eigenvalue weighted by Crippen LogP contribution is -2.38. The van der Waals surface area contributed by atoms with Crippen LogP contribution in [0.2, 0.25) is 0 Å². The first kappa shape index (κ1) is 19.3. The molecule has 6 heteroatoms. The highest BCUT2D eigenvalue weighted by Gasteiger charge is 1.98. The van der Waals surface area contributed by atoms with Crippen LogP contribution >= 0.6 is 47.1 Å². The molecular formula is C16H22IN3S2. The number of benzene rings is 1. The zero-order valence-corrected chi connectivity index (χ0v) is 16.6. The number of hydrogen-bond donors (Lipinski definition) is 2. The smallest absolute Gasteiger partial charge is 0.191 e. The number of rotatable bonds is 7. The molecule has 1 aromatic carbocycles. The van der Waals surface area contributed by atoms with Crippen LogP contribution in [0.3, 0.4) is 0 Å². The third-order valence-electron chi connectivity index (χ3n) is 2.75. The molecule has 0 saturated heterocycles. The van der Waals surface area contributed by atoms with E-state index in [0.717, 1.165) is 31.3 Å². The molecule has 1 heterocycles. The monoisotopic (exact) mass is 447 g/mol. The van der Waals surface area contributed by atoms with Gasteiger partial charge in [-0.15, -0.1) is 35.7 Å². The first-order valence-corrected chi connectivity index (χ1v) is 9.02. The Labute approximate surface area is 158 Å². The second-order valence-electron chi connectivity index (χ2n) is 4.42. The molecule has 2 N–H and O–H groups in total. The largest absolute Gasteiger partial charge is 0.357 e. The Balaban J connectivity index is 0.00000242. The van der Waals surface area contributed by atoms with Crippen LogP contribution in [0.1, 0.15) is 12.5 Å². The van der Waals surface area contributed by atoms with Crippen LogP contribution in [0.15, 0.2) is 57.0 Å². The molecule has 0 bridgehead atoms. The van der Waals surface area contributed by atoms with Crippen molar-refractivity contribution in [1.82, 2.24) is 10.6 Å². The number of thiophene rings is 1. The zero-order chi connectivity index (χ0) is 14.8. The van der Waals surface area contributed by atoms with Gasteiger partial charge in [-0.05, 0) is 41.4 Å². The molecule has 0 aliphatic heterocycles. The Kier molecular flexibility index (Phi) is 10.3. The number of guanidine groups is 1. The highest BCUT2D eigenvalue weighted by Crippen LogP contribution is 2.15. The van der Waals surface area contributed by atoms with Gasteiger partial charge in [0.05, 0.1) is 6.54 Å². The van der Waals surface area contributed by atoms with Gasteiger partial charge in [0.15, 0.2) is 5.96 Å². The lowest BCUT2D eigenvalue weighted by molar-refractivity contribution is 0.843. The third-order valence-corrected chi connectivity index (χ3v) is 4.50. The minimum atomic E-state index is 0. The van der Waals surface area contributed by atoms with Crippen molar-refractivity contribution in [2.24, 2.45) is 4.99 Å². The van der Waals surface area contributed by atoms with Gasteiger partial charge in [-0.2, -0.15) is 11.3 Å².